The van der Waals surface area contributed by atoms with E-state index in [1.165, 1.54) is 12.1 Å². The number of sulfone groups is 1. The van der Waals surface area contributed by atoms with Crippen LogP contribution in [0.5, 0.6) is 0 Å². The van der Waals surface area contributed by atoms with Crippen molar-refractivity contribution in [3.63, 3.8) is 0 Å². The maximum Gasteiger partial charge on any atom is 0.306 e. The van der Waals surface area contributed by atoms with Crippen molar-refractivity contribution >= 4 is 15.8 Å². The fourth-order valence-electron chi connectivity index (χ4n) is 1.74. The van der Waals surface area contributed by atoms with E-state index >= 15 is 0 Å². The van der Waals surface area contributed by atoms with Crippen LogP contribution in [0.3, 0.4) is 0 Å². The summed E-state index contributed by atoms with van der Waals surface area (Å²) in [7, 11) is -3.33. The molecule has 0 spiro atoms. The van der Waals surface area contributed by atoms with Crippen molar-refractivity contribution in [1.82, 2.24) is 0 Å². The molecule has 1 aromatic rings. The Hall–Kier alpha value is -1.36. The Bertz CT molecular complexity index is 492. The molecule has 0 saturated heterocycles. The number of carbonyl (C=O) groups is 1. The van der Waals surface area contributed by atoms with Crippen LogP contribution in [0, 0.1) is 11.8 Å². The van der Waals surface area contributed by atoms with Crippen LogP contribution in [0.15, 0.2) is 35.2 Å². The van der Waals surface area contributed by atoms with Crippen molar-refractivity contribution in [3.05, 3.63) is 30.3 Å². The second-order valence-corrected chi connectivity index (χ2v) is 6.07. The van der Waals surface area contributed by atoms with E-state index in [1.54, 1.807) is 18.2 Å². The largest absolute Gasteiger partial charge is 0.481 e. The van der Waals surface area contributed by atoms with Gasteiger partial charge in [0, 0.05) is 0 Å². The normalized spacial score (nSPS) is 24.0. The molecule has 2 rings (SSSR count). The topological polar surface area (TPSA) is 71.4 Å². The smallest absolute Gasteiger partial charge is 0.306 e. The summed E-state index contributed by atoms with van der Waals surface area (Å²) in [5.41, 5.74) is 0. The third kappa shape index (κ3) is 2.24. The third-order valence-corrected chi connectivity index (χ3v) is 4.63. The minimum absolute atomic E-state index is 0.0615. The van der Waals surface area contributed by atoms with Crippen LogP contribution in [0.4, 0.5) is 0 Å². The van der Waals surface area contributed by atoms with Crippen LogP contribution in [0.2, 0.25) is 0 Å². The molecule has 4 nitrogen and oxygen atoms in total. The number of rotatable bonds is 4. The average Bonchev–Trinajstić information content (AvgIpc) is 2.98. The molecule has 1 fully saturated rings. The maximum atomic E-state index is 11.9. The summed E-state index contributed by atoms with van der Waals surface area (Å²) in [5, 5.41) is 8.70. The molecule has 5 heteroatoms. The van der Waals surface area contributed by atoms with Crippen LogP contribution in [0.1, 0.15) is 6.42 Å². The number of hydrogen-bond donors (Lipinski definition) is 1. The average molecular weight is 240 g/mol. The van der Waals surface area contributed by atoms with E-state index in [9.17, 15) is 13.2 Å². The lowest BCUT2D eigenvalue weighted by atomic mass is 10.3. The highest BCUT2D eigenvalue weighted by Gasteiger charge is 2.45. The first-order chi connectivity index (χ1) is 7.50. The van der Waals surface area contributed by atoms with Crippen LogP contribution in [0.25, 0.3) is 0 Å². The summed E-state index contributed by atoms with van der Waals surface area (Å²) in [6.45, 7) is 0. The standard InChI is InChI=1S/C11H12O4S/c12-11(13)10-6-8(10)7-16(14,15)9-4-2-1-3-5-9/h1-5,8,10H,6-7H2,(H,12,13). The van der Waals surface area contributed by atoms with Crippen molar-refractivity contribution in [3.8, 4) is 0 Å². The van der Waals surface area contributed by atoms with Crippen LogP contribution >= 0.6 is 0 Å². The minimum Gasteiger partial charge on any atom is -0.481 e. The molecule has 86 valence electrons. The molecule has 1 aliphatic rings. The zero-order chi connectivity index (χ0) is 11.8. The van der Waals surface area contributed by atoms with Gasteiger partial charge in [-0.25, -0.2) is 8.42 Å². The van der Waals surface area contributed by atoms with Gasteiger partial charge >= 0.3 is 5.97 Å². The fourth-order valence-corrected chi connectivity index (χ4v) is 3.44. The molecular weight excluding hydrogens is 228 g/mol. The Morgan fingerprint density at radius 3 is 2.44 bits per heavy atom. The Kier molecular flexibility index (Phi) is 2.71. The summed E-state index contributed by atoms with van der Waals surface area (Å²) in [5.74, 6) is -1.65. The van der Waals surface area contributed by atoms with Gasteiger partial charge in [0.1, 0.15) is 0 Å². The van der Waals surface area contributed by atoms with Gasteiger partial charge in [0.25, 0.3) is 0 Å². The molecule has 2 atom stereocenters. The van der Waals surface area contributed by atoms with E-state index < -0.39 is 21.7 Å². The monoisotopic (exact) mass is 240 g/mol. The van der Waals surface area contributed by atoms with Gasteiger partial charge in [-0.15, -0.1) is 0 Å². The van der Waals surface area contributed by atoms with Crippen molar-refractivity contribution in [2.75, 3.05) is 5.75 Å². The highest BCUT2D eigenvalue weighted by Crippen LogP contribution is 2.40. The molecule has 0 bridgehead atoms. The second kappa shape index (κ2) is 3.90. The SMILES string of the molecule is O=C(O)C1CC1CS(=O)(=O)c1ccccc1. The Morgan fingerprint density at radius 1 is 1.31 bits per heavy atom. The van der Waals surface area contributed by atoms with Crippen molar-refractivity contribution in [1.29, 1.82) is 0 Å². The first-order valence-electron chi connectivity index (χ1n) is 5.01. The molecule has 0 aromatic heterocycles. The van der Waals surface area contributed by atoms with Crippen molar-refractivity contribution < 1.29 is 18.3 Å². The minimum atomic E-state index is -3.33. The number of aliphatic carboxylic acids is 1. The van der Waals surface area contributed by atoms with Gasteiger partial charge in [0.15, 0.2) is 9.84 Å². The molecule has 0 amide bonds. The Labute approximate surface area is 93.8 Å². The van der Waals surface area contributed by atoms with Crippen LogP contribution in [-0.2, 0) is 14.6 Å². The van der Waals surface area contributed by atoms with Crippen LogP contribution in [-0.4, -0.2) is 25.2 Å². The lowest BCUT2D eigenvalue weighted by Crippen LogP contribution is -2.11. The first-order valence-corrected chi connectivity index (χ1v) is 6.66. The van der Waals surface area contributed by atoms with Crippen molar-refractivity contribution in [2.45, 2.75) is 11.3 Å². The lowest BCUT2D eigenvalue weighted by Gasteiger charge is -2.02. The fraction of sp³-hybridized carbons (Fsp3) is 0.364. The van der Waals surface area contributed by atoms with Gasteiger partial charge in [-0.1, -0.05) is 18.2 Å². The van der Waals surface area contributed by atoms with Crippen molar-refractivity contribution in [2.24, 2.45) is 11.8 Å². The molecule has 0 aliphatic heterocycles. The molecule has 1 N–H and O–H groups in total. The number of hydrogen-bond acceptors (Lipinski definition) is 3. The van der Waals surface area contributed by atoms with E-state index in [4.69, 9.17) is 5.11 Å². The third-order valence-electron chi connectivity index (χ3n) is 2.78. The molecule has 1 saturated carbocycles. The highest BCUT2D eigenvalue weighted by molar-refractivity contribution is 7.91. The maximum absolute atomic E-state index is 11.9. The van der Waals surface area contributed by atoms with E-state index in [0.29, 0.717) is 6.42 Å². The van der Waals surface area contributed by atoms with E-state index in [2.05, 4.69) is 0 Å². The Balaban J connectivity index is 2.09. The molecule has 1 aromatic carbocycles. The first kappa shape index (κ1) is 11.1. The molecular formula is C11H12O4S. The highest BCUT2D eigenvalue weighted by atomic mass is 32.2. The predicted molar refractivity (Wildman–Crippen MR) is 57.7 cm³/mol. The van der Waals surface area contributed by atoms with Gasteiger partial charge in [-0.05, 0) is 24.5 Å². The molecule has 0 heterocycles. The van der Waals surface area contributed by atoms with E-state index in [-0.39, 0.29) is 16.6 Å². The summed E-state index contributed by atoms with van der Waals surface area (Å²) >= 11 is 0. The number of carboxylic acid groups (broad SMARTS) is 1. The zero-order valence-electron chi connectivity index (χ0n) is 8.54. The summed E-state index contributed by atoms with van der Waals surface area (Å²) in [6, 6.07) is 8.14. The van der Waals surface area contributed by atoms with E-state index in [0.717, 1.165) is 0 Å². The summed E-state index contributed by atoms with van der Waals surface area (Å²) in [6.07, 6.45) is 0.474. The number of carboxylic acids is 1. The molecule has 0 radical (unpaired) electrons. The Morgan fingerprint density at radius 2 is 1.94 bits per heavy atom. The predicted octanol–water partition coefficient (Wildman–Crippen LogP) is 1.18. The van der Waals surface area contributed by atoms with Gasteiger partial charge in [-0.3, -0.25) is 4.79 Å². The molecule has 1 aliphatic carbocycles. The molecule has 2 unspecified atom stereocenters. The van der Waals surface area contributed by atoms with Gasteiger partial charge < -0.3 is 5.11 Å². The van der Waals surface area contributed by atoms with Gasteiger partial charge in [-0.2, -0.15) is 0 Å². The van der Waals surface area contributed by atoms with Gasteiger partial charge in [0.2, 0.25) is 0 Å². The van der Waals surface area contributed by atoms with E-state index in [1.807, 2.05) is 0 Å². The summed E-state index contributed by atoms with van der Waals surface area (Å²) < 4.78 is 23.7. The quantitative estimate of drug-likeness (QED) is 0.857. The lowest BCUT2D eigenvalue weighted by molar-refractivity contribution is -0.138. The second-order valence-electron chi connectivity index (χ2n) is 4.03. The summed E-state index contributed by atoms with van der Waals surface area (Å²) in [4.78, 5) is 10.9. The zero-order valence-corrected chi connectivity index (χ0v) is 9.35. The van der Waals surface area contributed by atoms with Gasteiger partial charge in [0.05, 0.1) is 16.6 Å². The number of benzene rings is 1. The molecule has 16 heavy (non-hydrogen) atoms. The van der Waals surface area contributed by atoms with Crippen LogP contribution < -0.4 is 0 Å².